The van der Waals surface area contributed by atoms with E-state index in [0.29, 0.717) is 10.6 Å². The first-order chi connectivity index (χ1) is 7.01. The van der Waals surface area contributed by atoms with E-state index >= 15 is 0 Å². The average molecular weight is 246 g/mol. The van der Waals surface area contributed by atoms with E-state index in [1.165, 1.54) is 11.8 Å². The fourth-order valence-electron chi connectivity index (χ4n) is 0.834. The third-order valence-corrected chi connectivity index (χ3v) is 2.51. The van der Waals surface area contributed by atoms with E-state index in [2.05, 4.69) is 5.32 Å². The van der Waals surface area contributed by atoms with Gasteiger partial charge in [-0.25, -0.2) is 0 Å². The van der Waals surface area contributed by atoms with Crippen LogP contribution in [0.5, 0.6) is 0 Å². The van der Waals surface area contributed by atoms with Crippen LogP contribution in [0, 0.1) is 0 Å². The monoisotopic (exact) mass is 245 g/mol. The number of amides is 1. The second kappa shape index (κ2) is 7.60. The number of nitrogens with one attached hydrogen (secondary N) is 1. The molecule has 0 unspecified atom stereocenters. The molecule has 0 fully saturated rings. The Labute approximate surface area is 100 Å². The van der Waals surface area contributed by atoms with Crippen molar-refractivity contribution < 1.29 is 4.79 Å². The molecule has 0 spiro atoms. The van der Waals surface area contributed by atoms with Gasteiger partial charge in [-0.2, -0.15) is 0 Å². The van der Waals surface area contributed by atoms with Crippen LogP contribution in [0.2, 0.25) is 0 Å². The number of halogens is 1. The van der Waals surface area contributed by atoms with E-state index in [9.17, 15) is 4.79 Å². The van der Waals surface area contributed by atoms with E-state index in [1.54, 1.807) is 31.4 Å². The van der Waals surface area contributed by atoms with Crippen molar-refractivity contribution in [3.63, 3.8) is 0 Å². The van der Waals surface area contributed by atoms with Crippen LogP contribution in [-0.2, 0) is 4.79 Å². The molecule has 0 aromatic heterocycles. The normalized spacial score (nSPS) is 14.1. The van der Waals surface area contributed by atoms with Crippen molar-refractivity contribution in [2.24, 2.45) is 0 Å². The lowest BCUT2D eigenvalue weighted by molar-refractivity contribution is -0.116. The summed E-state index contributed by atoms with van der Waals surface area (Å²) in [4.78, 5) is 11.5. The second-order valence-corrected chi connectivity index (χ2v) is 4.14. The zero-order valence-electron chi connectivity index (χ0n) is 9.43. The molecule has 0 rings (SSSR count). The minimum absolute atomic E-state index is 0.0985. The summed E-state index contributed by atoms with van der Waals surface area (Å²) in [6.45, 7) is 5.42. The number of hydrogen-bond acceptors (Lipinski definition) is 2. The maximum Gasteiger partial charge on any atom is 0.251 e. The molecule has 0 aliphatic rings. The molecule has 2 nitrogen and oxygen atoms in total. The lowest BCUT2D eigenvalue weighted by Gasteiger charge is -2.04. The number of carbonyl (C=O) groups excluding carboxylic acids is 1. The fourth-order valence-corrected chi connectivity index (χ4v) is 1.46. The minimum atomic E-state index is -0.0985. The molecule has 0 heterocycles. The van der Waals surface area contributed by atoms with Gasteiger partial charge in [0.25, 0.3) is 5.91 Å². The highest BCUT2D eigenvalue weighted by atomic mass is 35.5. The smallest absolute Gasteiger partial charge is 0.251 e. The molecule has 0 saturated carbocycles. The highest BCUT2D eigenvalue weighted by molar-refractivity contribution is 8.01. The zero-order valence-corrected chi connectivity index (χ0v) is 11.0. The number of hydrogen-bond donors (Lipinski definition) is 1. The summed E-state index contributed by atoms with van der Waals surface area (Å²) >= 11 is 7.30. The molecule has 84 valence electrons. The number of carbonyl (C=O) groups is 1. The van der Waals surface area contributed by atoms with E-state index in [1.807, 2.05) is 13.2 Å². The van der Waals surface area contributed by atoms with E-state index in [0.717, 1.165) is 5.70 Å². The summed E-state index contributed by atoms with van der Waals surface area (Å²) < 4.78 is 0. The van der Waals surface area contributed by atoms with Crippen molar-refractivity contribution in [2.45, 2.75) is 20.8 Å². The molecule has 1 amide bonds. The largest absolute Gasteiger partial charge is 0.326 e. The molecule has 4 heteroatoms. The van der Waals surface area contributed by atoms with Crippen molar-refractivity contribution in [3.8, 4) is 0 Å². The standard InChI is InChI=1S/C11H16ClNOS/c1-5-10(12)6-9(3)13-11(14)8(2)7-15-4/h5-7H,1-4H3,(H,13,14). The topological polar surface area (TPSA) is 29.1 Å². The quantitative estimate of drug-likeness (QED) is 0.608. The van der Waals surface area contributed by atoms with Gasteiger partial charge in [0, 0.05) is 16.3 Å². The van der Waals surface area contributed by atoms with Crippen molar-refractivity contribution in [1.29, 1.82) is 0 Å². The second-order valence-electron chi connectivity index (χ2n) is 2.99. The molecule has 0 radical (unpaired) electrons. The molecule has 15 heavy (non-hydrogen) atoms. The van der Waals surface area contributed by atoms with Gasteiger partial charge in [0.15, 0.2) is 0 Å². The first-order valence-electron chi connectivity index (χ1n) is 4.52. The zero-order chi connectivity index (χ0) is 11.8. The van der Waals surface area contributed by atoms with E-state index in [-0.39, 0.29) is 5.91 Å². The lowest BCUT2D eigenvalue weighted by Crippen LogP contribution is -2.21. The van der Waals surface area contributed by atoms with Gasteiger partial charge in [-0.05, 0) is 38.5 Å². The molecule has 0 aromatic carbocycles. The van der Waals surface area contributed by atoms with Crippen LogP contribution in [0.15, 0.2) is 33.9 Å². The van der Waals surface area contributed by atoms with Crippen molar-refractivity contribution in [3.05, 3.63) is 33.9 Å². The Bertz CT molecular complexity index is 319. The Balaban J connectivity index is 4.43. The maximum atomic E-state index is 11.5. The van der Waals surface area contributed by atoms with Gasteiger partial charge < -0.3 is 5.32 Å². The molecule has 1 N–H and O–H groups in total. The summed E-state index contributed by atoms with van der Waals surface area (Å²) in [6, 6.07) is 0. The third-order valence-electron chi connectivity index (χ3n) is 1.59. The van der Waals surface area contributed by atoms with Crippen LogP contribution in [0.4, 0.5) is 0 Å². The van der Waals surface area contributed by atoms with Gasteiger partial charge in [0.2, 0.25) is 0 Å². The number of rotatable bonds is 4. The first-order valence-corrected chi connectivity index (χ1v) is 6.18. The summed E-state index contributed by atoms with van der Waals surface area (Å²) in [5.74, 6) is -0.0985. The van der Waals surface area contributed by atoms with Gasteiger partial charge in [-0.1, -0.05) is 17.7 Å². The molecule has 0 aromatic rings. The number of allylic oxidation sites excluding steroid dienone is 4. The Morgan fingerprint density at radius 2 is 2.00 bits per heavy atom. The molecule has 0 saturated heterocycles. The first kappa shape index (κ1) is 14.3. The Kier molecular flexibility index (Phi) is 7.26. The minimum Gasteiger partial charge on any atom is -0.326 e. The molecule has 0 aliphatic carbocycles. The molecular weight excluding hydrogens is 230 g/mol. The van der Waals surface area contributed by atoms with E-state index in [4.69, 9.17) is 11.6 Å². The van der Waals surface area contributed by atoms with Gasteiger partial charge >= 0.3 is 0 Å². The highest BCUT2D eigenvalue weighted by Crippen LogP contribution is 2.07. The third kappa shape index (κ3) is 6.42. The van der Waals surface area contributed by atoms with Crippen molar-refractivity contribution in [2.75, 3.05) is 6.26 Å². The van der Waals surface area contributed by atoms with Crippen LogP contribution >= 0.6 is 23.4 Å². The van der Waals surface area contributed by atoms with Crippen LogP contribution in [0.3, 0.4) is 0 Å². The average Bonchev–Trinajstić information content (AvgIpc) is 2.17. The summed E-state index contributed by atoms with van der Waals surface area (Å²) in [5.41, 5.74) is 1.42. The van der Waals surface area contributed by atoms with Crippen molar-refractivity contribution in [1.82, 2.24) is 5.32 Å². The number of thioether (sulfide) groups is 1. The maximum absolute atomic E-state index is 11.5. The van der Waals surface area contributed by atoms with Gasteiger partial charge in [-0.15, -0.1) is 11.8 Å². The highest BCUT2D eigenvalue weighted by Gasteiger charge is 2.03. The van der Waals surface area contributed by atoms with Crippen LogP contribution in [0.1, 0.15) is 20.8 Å². The Morgan fingerprint density at radius 3 is 2.47 bits per heavy atom. The van der Waals surface area contributed by atoms with Crippen molar-refractivity contribution >= 4 is 29.3 Å². The summed E-state index contributed by atoms with van der Waals surface area (Å²) in [6.07, 6.45) is 5.39. The summed E-state index contributed by atoms with van der Waals surface area (Å²) in [5, 5.41) is 5.16. The van der Waals surface area contributed by atoms with Crippen LogP contribution < -0.4 is 5.32 Å². The fraction of sp³-hybridized carbons (Fsp3) is 0.364. The SMILES string of the molecule is CC=C(Cl)C=C(C)NC(=O)C(C)=CSC. The van der Waals surface area contributed by atoms with E-state index < -0.39 is 0 Å². The van der Waals surface area contributed by atoms with Crippen LogP contribution in [0.25, 0.3) is 0 Å². The van der Waals surface area contributed by atoms with Gasteiger partial charge in [0.05, 0.1) is 0 Å². The molecular formula is C11H16ClNOS. The Morgan fingerprint density at radius 1 is 1.40 bits per heavy atom. The lowest BCUT2D eigenvalue weighted by atomic mass is 10.3. The molecule has 0 atom stereocenters. The van der Waals surface area contributed by atoms with Gasteiger partial charge in [0.1, 0.15) is 0 Å². The predicted octanol–water partition coefficient (Wildman–Crippen LogP) is 3.42. The molecule has 0 aliphatic heterocycles. The predicted molar refractivity (Wildman–Crippen MR) is 68.8 cm³/mol. The van der Waals surface area contributed by atoms with Crippen LogP contribution in [-0.4, -0.2) is 12.2 Å². The van der Waals surface area contributed by atoms with Gasteiger partial charge in [-0.3, -0.25) is 4.79 Å². The molecule has 0 bridgehead atoms. The summed E-state index contributed by atoms with van der Waals surface area (Å²) in [7, 11) is 0. The Hall–Kier alpha value is -0.670.